The molecule has 172 valence electrons. The van der Waals surface area contributed by atoms with Crippen LogP contribution in [0.1, 0.15) is 22.3 Å². The molecule has 0 bridgehead atoms. The van der Waals surface area contributed by atoms with Crippen molar-refractivity contribution in [2.75, 3.05) is 30.4 Å². The zero-order chi connectivity index (χ0) is 23.6. The third-order valence-corrected chi connectivity index (χ3v) is 7.30. The molecule has 0 spiro atoms. The first-order chi connectivity index (χ1) is 15.8. The van der Waals surface area contributed by atoms with E-state index in [-0.39, 0.29) is 17.0 Å². The van der Waals surface area contributed by atoms with E-state index in [4.69, 9.17) is 9.47 Å². The SMILES string of the molecule is COc1cccc(OC)c1C(=O)Nc1ccc2c(c1)N(S(=O)(=O)c1ccc(F)cc1)CCC2. The highest BCUT2D eigenvalue weighted by Crippen LogP contribution is 2.35. The molecule has 33 heavy (non-hydrogen) atoms. The molecule has 1 amide bonds. The maximum absolute atomic E-state index is 13.3. The summed E-state index contributed by atoms with van der Waals surface area (Å²) in [4.78, 5) is 13.0. The van der Waals surface area contributed by atoms with E-state index in [0.29, 0.717) is 35.7 Å². The summed E-state index contributed by atoms with van der Waals surface area (Å²) in [6.45, 7) is 0.282. The molecular formula is C24H23FN2O5S. The Morgan fingerprint density at radius 1 is 1.00 bits per heavy atom. The zero-order valence-corrected chi connectivity index (χ0v) is 19.0. The van der Waals surface area contributed by atoms with Gasteiger partial charge in [-0.3, -0.25) is 9.10 Å². The number of carbonyl (C=O) groups is 1. The van der Waals surface area contributed by atoms with Gasteiger partial charge >= 0.3 is 0 Å². The second kappa shape index (κ2) is 9.11. The number of aryl methyl sites for hydroxylation is 1. The lowest BCUT2D eigenvalue weighted by atomic mass is 10.0. The normalized spacial score (nSPS) is 13.2. The summed E-state index contributed by atoms with van der Waals surface area (Å²) in [5.74, 6) is -0.256. The predicted molar refractivity (Wildman–Crippen MR) is 123 cm³/mol. The molecule has 1 aliphatic rings. The van der Waals surface area contributed by atoms with Gasteiger partial charge in [-0.15, -0.1) is 0 Å². The Hall–Kier alpha value is -3.59. The van der Waals surface area contributed by atoms with Crippen molar-refractivity contribution in [2.24, 2.45) is 0 Å². The van der Waals surface area contributed by atoms with Gasteiger partial charge in [0.2, 0.25) is 0 Å². The molecule has 0 saturated heterocycles. The van der Waals surface area contributed by atoms with Crippen LogP contribution in [0.3, 0.4) is 0 Å². The molecular weight excluding hydrogens is 447 g/mol. The quantitative estimate of drug-likeness (QED) is 0.583. The summed E-state index contributed by atoms with van der Waals surface area (Å²) < 4.78 is 51.8. The van der Waals surface area contributed by atoms with Gasteiger partial charge in [0, 0.05) is 12.2 Å². The van der Waals surface area contributed by atoms with Gasteiger partial charge in [0.05, 0.1) is 24.8 Å². The molecule has 0 saturated carbocycles. The van der Waals surface area contributed by atoms with Crippen molar-refractivity contribution in [3.63, 3.8) is 0 Å². The first-order valence-electron chi connectivity index (χ1n) is 10.3. The Morgan fingerprint density at radius 3 is 2.30 bits per heavy atom. The average molecular weight is 471 g/mol. The summed E-state index contributed by atoms with van der Waals surface area (Å²) in [5, 5.41) is 2.81. The minimum absolute atomic E-state index is 0.00458. The third kappa shape index (κ3) is 4.36. The number of hydrogen-bond acceptors (Lipinski definition) is 5. The average Bonchev–Trinajstić information content (AvgIpc) is 2.83. The van der Waals surface area contributed by atoms with Crippen molar-refractivity contribution in [2.45, 2.75) is 17.7 Å². The molecule has 0 unspecified atom stereocenters. The molecule has 7 nitrogen and oxygen atoms in total. The van der Waals surface area contributed by atoms with E-state index in [1.807, 2.05) is 0 Å². The van der Waals surface area contributed by atoms with Crippen LogP contribution in [0.15, 0.2) is 65.6 Å². The van der Waals surface area contributed by atoms with Gasteiger partial charge in [-0.1, -0.05) is 12.1 Å². The highest BCUT2D eigenvalue weighted by Gasteiger charge is 2.29. The molecule has 0 aliphatic carbocycles. The summed E-state index contributed by atoms with van der Waals surface area (Å²) >= 11 is 0. The van der Waals surface area contributed by atoms with Gasteiger partial charge in [-0.25, -0.2) is 12.8 Å². The van der Waals surface area contributed by atoms with E-state index >= 15 is 0 Å². The molecule has 0 atom stereocenters. The summed E-state index contributed by atoms with van der Waals surface area (Å²) in [6, 6.07) is 14.9. The molecule has 0 fully saturated rings. The van der Waals surface area contributed by atoms with Crippen molar-refractivity contribution < 1.29 is 27.1 Å². The number of amides is 1. The van der Waals surface area contributed by atoms with Crippen molar-refractivity contribution in [3.8, 4) is 11.5 Å². The van der Waals surface area contributed by atoms with E-state index in [1.165, 1.54) is 30.7 Å². The second-order valence-electron chi connectivity index (χ2n) is 7.47. The van der Waals surface area contributed by atoms with Gasteiger partial charge in [-0.05, 0) is 66.9 Å². The van der Waals surface area contributed by atoms with Crippen LogP contribution in [0.4, 0.5) is 15.8 Å². The lowest BCUT2D eigenvalue weighted by molar-refractivity contribution is 0.102. The Balaban J connectivity index is 1.68. The topological polar surface area (TPSA) is 84.9 Å². The maximum atomic E-state index is 13.3. The minimum atomic E-state index is -3.90. The van der Waals surface area contributed by atoms with Gasteiger partial charge in [0.1, 0.15) is 22.9 Å². The largest absolute Gasteiger partial charge is 0.496 e. The second-order valence-corrected chi connectivity index (χ2v) is 9.33. The Kier molecular flexibility index (Phi) is 6.24. The van der Waals surface area contributed by atoms with Crippen LogP contribution in [0, 0.1) is 5.82 Å². The lowest BCUT2D eigenvalue weighted by Crippen LogP contribution is -2.35. The van der Waals surface area contributed by atoms with Crippen LogP contribution >= 0.6 is 0 Å². The van der Waals surface area contributed by atoms with E-state index in [1.54, 1.807) is 36.4 Å². The monoisotopic (exact) mass is 470 g/mol. The summed E-state index contributed by atoms with van der Waals surface area (Å²) in [6.07, 6.45) is 1.36. The number of halogens is 1. The van der Waals surface area contributed by atoms with Crippen LogP contribution in [0.2, 0.25) is 0 Å². The molecule has 0 aromatic heterocycles. The van der Waals surface area contributed by atoms with Crippen molar-refractivity contribution in [1.82, 2.24) is 0 Å². The van der Waals surface area contributed by atoms with Gasteiger partial charge in [-0.2, -0.15) is 0 Å². The van der Waals surface area contributed by atoms with Crippen LogP contribution in [-0.4, -0.2) is 35.1 Å². The molecule has 9 heteroatoms. The van der Waals surface area contributed by atoms with Crippen molar-refractivity contribution >= 4 is 27.3 Å². The molecule has 1 aliphatic heterocycles. The highest BCUT2D eigenvalue weighted by molar-refractivity contribution is 7.92. The van der Waals surface area contributed by atoms with E-state index in [9.17, 15) is 17.6 Å². The first kappa shape index (κ1) is 22.6. The molecule has 3 aromatic carbocycles. The number of methoxy groups -OCH3 is 2. The molecule has 4 rings (SSSR count). The fourth-order valence-electron chi connectivity index (χ4n) is 3.87. The fraction of sp³-hybridized carbons (Fsp3) is 0.208. The summed E-state index contributed by atoms with van der Waals surface area (Å²) in [7, 11) is -0.975. The number of nitrogens with one attached hydrogen (secondary N) is 1. The van der Waals surface area contributed by atoms with E-state index in [2.05, 4.69) is 5.32 Å². The van der Waals surface area contributed by atoms with Gasteiger partial charge in [0.25, 0.3) is 15.9 Å². The zero-order valence-electron chi connectivity index (χ0n) is 18.2. The maximum Gasteiger partial charge on any atom is 0.264 e. The Bertz CT molecular complexity index is 1270. The summed E-state index contributed by atoms with van der Waals surface area (Å²) in [5.41, 5.74) is 1.99. The smallest absolute Gasteiger partial charge is 0.264 e. The number of fused-ring (bicyclic) bond motifs is 1. The number of hydrogen-bond donors (Lipinski definition) is 1. The van der Waals surface area contributed by atoms with E-state index in [0.717, 1.165) is 17.7 Å². The first-order valence-corrected chi connectivity index (χ1v) is 11.7. The number of nitrogens with zero attached hydrogens (tertiary/aromatic N) is 1. The third-order valence-electron chi connectivity index (χ3n) is 5.48. The lowest BCUT2D eigenvalue weighted by Gasteiger charge is -2.31. The number of sulfonamides is 1. The molecule has 0 radical (unpaired) electrons. The highest BCUT2D eigenvalue weighted by atomic mass is 32.2. The number of benzene rings is 3. The molecule has 1 heterocycles. The standard InChI is InChI=1S/C24H23FN2O5S/c1-31-21-6-3-7-22(32-2)23(21)24(28)26-18-11-8-16-5-4-14-27(20(16)15-18)33(29,30)19-12-9-17(25)10-13-19/h3,6-13,15H,4-5,14H2,1-2H3,(H,26,28). The van der Waals surface area contributed by atoms with Crippen molar-refractivity contribution in [1.29, 1.82) is 0 Å². The number of rotatable bonds is 6. The van der Waals surface area contributed by atoms with Crippen LogP contribution < -0.4 is 19.1 Å². The Morgan fingerprint density at radius 2 is 1.67 bits per heavy atom. The fourth-order valence-corrected chi connectivity index (χ4v) is 5.40. The van der Waals surface area contributed by atoms with Gasteiger partial charge in [0.15, 0.2) is 0 Å². The number of carbonyl (C=O) groups excluding carboxylic acids is 1. The van der Waals surface area contributed by atoms with Crippen LogP contribution in [-0.2, 0) is 16.4 Å². The van der Waals surface area contributed by atoms with Gasteiger partial charge < -0.3 is 14.8 Å². The van der Waals surface area contributed by atoms with Crippen LogP contribution in [0.25, 0.3) is 0 Å². The minimum Gasteiger partial charge on any atom is -0.496 e. The number of anilines is 2. The van der Waals surface area contributed by atoms with Crippen molar-refractivity contribution in [3.05, 3.63) is 77.6 Å². The van der Waals surface area contributed by atoms with E-state index < -0.39 is 21.7 Å². The molecule has 1 N–H and O–H groups in total. The van der Waals surface area contributed by atoms with Crippen LogP contribution in [0.5, 0.6) is 11.5 Å². The number of ether oxygens (including phenoxy) is 2. The predicted octanol–water partition coefficient (Wildman–Crippen LogP) is 4.24. The Labute approximate surface area is 191 Å². The molecule has 3 aromatic rings.